The molecule has 132 valence electrons. The first kappa shape index (κ1) is 17.3. The van der Waals surface area contributed by atoms with E-state index in [0.717, 1.165) is 38.0 Å². The molecule has 0 bridgehead atoms. The van der Waals surface area contributed by atoms with E-state index in [9.17, 15) is 9.18 Å². The van der Waals surface area contributed by atoms with Crippen molar-refractivity contribution in [1.29, 1.82) is 0 Å². The summed E-state index contributed by atoms with van der Waals surface area (Å²) in [6.45, 7) is 4.31. The molecule has 5 nitrogen and oxygen atoms in total. The van der Waals surface area contributed by atoms with E-state index in [2.05, 4.69) is 5.32 Å². The number of amides is 1. The second-order valence-corrected chi connectivity index (χ2v) is 6.76. The van der Waals surface area contributed by atoms with Crippen LogP contribution in [0.15, 0.2) is 18.2 Å². The number of carbonyl (C=O) groups excluding carboxylic acids is 1. The van der Waals surface area contributed by atoms with E-state index in [0.29, 0.717) is 6.54 Å². The lowest BCUT2D eigenvalue weighted by Gasteiger charge is -2.44. The molecule has 24 heavy (non-hydrogen) atoms. The number of nitrogens with one attached hydrogen (secondary N) is 1. The zero-order valence-corrected chi connectivity index (χ0v) is 14.3. The zero-order chi connectivity index (χ0) is 17.2. The Morgan fingerprint density at radius 1 is 1.50 bits per heavy atom. The van der Waals surface area contributed by atoms with E-state index >= 15 is 0 Å². The highest BCUT2D eigenvalue weighted by Crippen LogP contribution is 2.37. The van der Waals surface area contributed by atoms with E-state index in [1.54, 1.807) is 19.2 Å². The summed E-state index contributed by atoms with van der Waals surface area (Å²) < 4.78 is 25.4. The fraction of sp³-hybridized carbons (Fsp3) is 0.611. The number of piperidine rings is 1. The van der Waals surface area contributed by atoms with Crippen molar-refractivity contribution in [3.05, 3.63) is 29.6 Å². The number of nitrogens with zero attached hydrogens (tertiary/aromatic N) is 1. The van der Waals surface area contributed by atoms with Crippen LogP contribution in [0.3, 0.4) is 0 Å². The minimum Gasteiger partial charge on any atom is -0.377 e. The van der Waals surface area contributed by atoms with Crippen LogP contribution in [0.4, 0.5) is 10.1 Å². The molecule has 1 spiro atoms. The molecule has 1 amide bonds. The predicted molar refractivity (Wildman–Crippen MR) is 89.5 cm³/mol. The van der Waals surface area contributed by atoms with Gasteiger partial charge in [-0.15, -0.1) is 0 Å². The number of halogens is 1. The van der Waals surface area contributed by atoms with Crippen LogP contribution in [0.5, 0.6) is 0 Å². The van der Waals surface area contributed by atoms with Gasteiger partial charge in [-0.25, -0.2) is 4.39 Å². The SMILES string of the molecule is CO[C@H]1CN(CC(=O)Nc2cc(C)ccc2F)CC[C@@]12CCCO2. The van der Waals surface area contributed by atoms with Crippen molar-refractivity contribution in [2.45, 2.75) is 37.9 Å². The number of likely N-dealkylation sites (tertiary alicyclic amines) is 1. The summed E-state index contributed by atoms with van der Waals surface area (Å²) >= 11 is 0. The van der Waals surface area contributed by atoms with Gasteiger partial charge in [-0.2, -0.15) is 0 Å². The third-order valence-corrected chi connectivity index (χ3v) is 5.04. The Morgan fingerprint density at radius 2 is 2.33 bits per heavy atom. The quantitative estimate of drug-likeness (QED) is 0.917. The molecule has 2 fully saturated rings. The van der Waals surface area contributed by atoms with Gasteiger partial charge < -0.3 is 14.8 Å². The molecule has 2 aliphatic rings. The zero-order valence-electron chi connectivity index (χ0n) is 14.3. The third-order valence-electron chi connectivity index (χ3n) is 5.04. The van der Waals surface area contributed by atoms with Crippen molar-refractivity contribution in [3.8, 4) is 0 Å². The molecule has 1 aromatic rings. The average Bonchev–Trinajstić information content (AvgIpc) is 3.02. The summed E-state index contributed by atoms with van der Waals surface area (Å²) in [6.07, 6.45) is 2.90. The van der Waals surface area contributed by atoms with Gasteiger partial charge in [-0.3, -0.25) is 9.69 Å². The Bertz CT molecular complexity index is 602. The maximum absolute atomic E-state index is 13.8. The molecule has 0 saturated carbocycles. The van der Waals surface area contributed by atoms with Gasteiger partial charge in [0.1, 0.15) is 5.82 Å². The second kappa shape index (κ2) is 7.17. The number of methoxy groups -OCH3 is 1. The topological polar surface area (TPSA) is 50.8 Å². The first-order chi connectivity index (χ1) is 11.5. The highest BCUT2D eigenvalue weighted by molar-refractivity contribution is 5.92. The van der Waals surface area contributed by atoms with E-state index in [4.69, 9.17) is 9.47 Å². The van der Waals surface area contributed by atoms with Crippen molar-refractivity contribution >= 4 is 11.6 Å². The molecule has 2 heterocycles. The molecular formula is C18H25FN2O3. The van der Waals surface area contributed by atoms with Crippen LogP contribution in [-0.4, -0.2) is 55.9 Å². The van der Waals surface area contributed by atoms with Gasteiger partial charge in [0.25, 0.3) is 0 Å². The van der Waals surface area contributed by atoms with E-state index in [1.807, 2.05) is 11.8 Å². The number of ether oxygens (including phenoxy) is 2. The highest BCUT2D eigenvalue weighted by atomic mass is 19.1. The summed E-state index contributed by atoms with van der Waals surface area (Å²) in [5.74, 6) is -0.627. The number of hydrogen-bond donors (Lipinski definition) is 1. The summed E-state index contributed by atoms with van der Waals surface area (Å²) in [6, 6.07) is 4.69. The molecule has 2 saturated heterocycles. The minimum absolute atomic E-state index is 0.0303. The normalized spacial score (nSPS) is 27.5. The number of anilines is 1. The van der Waals surface area contributed by atoms with Crippen molar-refractivity contribution in [2.75, 3.05) is 38.7 Å². The predicted octanol–water partition coefficient (Wildman–Crippen LogP) is 2.34. The van der Waals surface area contributed by atoms with Crippen LogP contribution in [0.25, 0.3) is 0 Å². The Balaban J connectivity index is 1.58. The maximum atomic E-state index is 13.8. The van der Waals surface area contributed by atoms with Crippen LogP contribution in [0.2, 0.25) is 0 Å². The third kappa shape index (κ3) is 3.61. The molecule has 3 rings (SSSR count). The van der Waals surface area contributed by atoms with Crippen molar-refractivity contribution in [1.82, 2.24) is 4.90 Å². The Kier molecular flexibility index (Phi) is 5.18. The molecule has 0 aromatic heterocycles. The first-order valence-electron chi connectivity index (χ1n) is 8.47. The fourth-order valence-corrected chi connectivity index (χ4v) is 3.73. The van der Waals surface area contributed by atoms with Crippen LogP contribution >= 0.6 is 0 Å². The maximum Gasteiger partial charge on any atom is 0.238 e. The van der Waals surface area contributed by atoms with E-state index in [1.165, 1.54) is 6.07 Å². The van der Waals surface area contributed by atoms with Crippen LogP contribution in [0.1, 0.15) is 24.8 Å². The average molecular weight is 336 g/mol. The Morgan fingerprint density at radius 3 is 3.04 bits per heavy atom. The smallest absolute Gasteiger partial charge is 0.238 e. The van der Waals surface area contributed by atoms with Crippen LogP contribution in [0, 0.1) is 12.7 Å². The number of benzene rings is 1. The van der Waals surface area contributed by atoms with Gasteiger partial charge in [-0.05, 0) is 43.9 Å². The molecule has 0 unspecified atom stereocenters. The molecular weight excluding hydrogens is 311 g/mol. The van der Waals surface area contributed by atoms with Gasteiger partial charge in [-0.1, -0.05) is 6.07 Å². The summed E-state index contributed by atoms with van der Waals surface area (Å²) in [5, 5.41) is 2.66. The van der Waals surface area contributed by atoms with Gasteiger partial charge in [0.15, 0.2) is 0 Å². The van der Waals surface area contributed by atoms with E-state index < -0.39 is 5.82 Å². The van der Waals surface area contributed by atoms with Gasteiger partial charge in [0.05, 0.1) is 23.9 Å². The Hall–Kier alpha value is -1.50. The number of hydrogen-bond acceptors (Lipinski definition) is 4. The highest BCUT2D eigenvalue weighted by Gasteiger charge is 2.46. The molecule has 0 radical (unpaired) electrons. The second-order valence-electron chi connectivity index (χ2n) is 6.76. The standard InChI is InChI=1S/C18H25FN2O3/c1-13-4-5-14(19)15(10-13)20-17(22)12-21-8-7-18(6-3-9-24-18)16(11-21)23-2/h4-5,10,16H,3,6-9,11-12H2,1-2H3,(H,20,22)/t16-,18-/m0/s1. The summed E-state index contributed by atoms with van der Waals surface area (Å²) in [4.78, 5) is 14.3. The number of rotatable bonds is 4. The van der Waals surface area contributed by atoms with Crippen molar-refractivity contribution in [2.24, 2.45) is 0 Å². The van der Waals surface area contributed by atoms with Crippen molar-refractivity contribution in [3.63, 3.8) is 0 Å². The number of carbonyl (C=O) groups is 1. The van der Waals surface area contributed by atoms with E-state index in [-0.39, 0.29) is 29.8 Å². The van der Waals surface area contributed by atoms with Crippen LogP contribution < -0.4 is 5.32 Å². The summed E-state index contributed by atoms with van der Waals surface area (Å²) in [5.41, 5.74) is 0.949. The molecule has 1 aromatic carbocycles. The largest absolute Gasteiger partial charge is 0.377 e. The van der Waals surface area contributed by atoms with Gasteiger partial charge >= 0.3 is 0 Å². The lowest BCUT2D eigenvalue weighted by atomic mass is 9.86. The molecule has 6 heteroatoms. The lowest BCUT2D eigenvalue weighted by molar-refractivity contribution is -0.145. The molecule has 0 aliphatic carbocycles. The monoisotopic (exact) mass is 336 g/mol. The lowest BCUT2D eigenvalue weighted by Crippen LogP contribution is -2.57. The fourth-order valence-electron chi connectivity index (χ4n) is 3.73. The first-order valence-corrected chi connectivity index (χ1v) is 8.47. The Labute approximate surface area is 142 Å². The minimum atomic E-state index is -0.416. The van der Waals surface area contributed by atoms with Crippen LogP contribution in [-0.2, 0) is 14.3 Å². The van der Waals surface area contributed by atoms with Gasteiger partial charge in [0, 0.05) is 26.8 Å². The van der Waals surface area contributed by atoms with Crippen molar-refractivity contribution < 1.29 is 18.7 Å². The van der Waals surface area contributed by atoms with Gasteiger partial charge in [0.2, 0.25) is 5.91 Å². The summed E-state index contributed by atoms with van der Waals surface area (Å²) in [7, 11) is 1.69. The molecule has 2 aliphatic heterocycles. The molecule has 1 N–H and O–H groups in total. The molecule has 2 atom stereocenters. The number of aryl methyl sites for hydroxylation is 1.